The van der Waals surface area contributed by atoms with E-state index in [2.05, 4.69) is 10.6 Å². The van der Waals surface area contributed by atoms with Gasteiger partial charge in [0, 0.05) is 12.1 Å². The second-order valence-electron chi connectivity index (χ2n) is 5.29. The standard InChI is InChI=1S/C13H24N2S.2BrH/c16-13(14-11-7-3-1-4-8-11)15-12-9-5-2-6-10-12;;/h11-12H,1-10H2,(H2,14,15,16);2*1H. The van der Waals surface area contributed by atoms with Crippen LogP contribution in [0.4, 0.5) is 0 Å². The maximum absolute atomic E-state index is 5.39. The van der Waals surface area contributed by atoms with E-state index in [1.807, 2.05) is 0 Å². The number of hydrogen-bond acceptors (Lipinski definition) is 1. The molecule has 0 heterocycles. The van der Waals surface area contributed by atoms with E-state index < -0.39 is 0 Å². The fourth-order valence-electron chi connectivity index (χ4n) is 2.91. The monoisotopic (exact) mass is 400 g/mol. The van der Waals surface area contributed by atoms with E-state index in [1.54, 1.807) is 0 Å². The molecule has 0 atom stereocenters. The molecule has 2 nitrogen and oxygen atoms in total. The van der Waals surface area contributed by atoms with Crippen molar-refractivity contribution >= 4 is 51.3 Å². The Morgan fingerprint density at radius 1 is 0.667 bits per heavy atom. The molecule has 2 aliphatic carbocycles. The smallest absolute Gasteiger partial charge is 0.166 e. The molecule has 2 rings (SSSR count). The molecule has 0 aromatic carbocycles. The van der Waals surface area contributed by atoms with E-state index in [0.29, 0.717) is 12.1 Å². The fourth-order valence-corrected chi connectivity index (χ4v) is 3.24. The van der Waals surface area contributed by atoms with Gasteiger partial charge in [-0.15, -0.1) is 34.0 Å². The normalized spacial score (nSPS) is 21.3. The van der Waals surface area contributed by atoms with Gasteiger partial charge in [0.05, 0.1) is 0 Å². The van der Waals surface area contributed by atoms with Crippen LogP contribution in [0.3, 0.4) is 0 Å². The number of nitrogens with one attached hydrogen (secondary N) is 2. The molecule has 0 aromatic heterocycles. The predicted octanol–water partition coefficient (Wildman–Crippen LogP) is 4.27. The molecule has 2 aliphatic rings. The number of hydrogen-bond donors (Lipinski definition) is 2. The third-order valence-electron chi connectivity index (χ3n) is 3.88. The van der Waals surface area contributed by atoms with Crippen LogP contribution < -0.4 is 10.6 Å². The van der Waals surface area contributed by atoms with Crippen LogP contribution in [-0.4, -0.2) is 17.2 Å². The Kier molecular flexibility index (Phi) is 10.8. The summed E-state index contributed by atoms with van der Waals surface area (Å²) in [5.74, 6) is 0. The highest BCUT2D eigenvalue weighted by Gasteiger charge is 2.17. The topological polar surface area (TPSA) is 24.1 Å². The summed E-state index contributed by atoms with van der Waals surface area (Å²) in [6.45, 7) is 0. The Balaban J connectivity index is 0.00000144. The van der Waals surface area contributed by atoms with Crippen LogP contribution in [0.25, 0.3) is 0 Å². The first-order valence-corrected chi connectivity index (χ1v) is 7.32. The van der Waals surface area contributed by atoms with Crippen LogP contribution in [-0.2, 0) is 0 Å². The Bertz CT molecular complexity index is 205. The van der Waals surface area contributed by atoms with Crippen molar-refractivity contribution in [1.82, 2.24) is 10.6 Å². The zero-order valence-electron chi connectivity index (χ0n) is 11.0. The van der Waals surface area contributed by atoms with Gasteiger partial charge in [-0.25, -0.2) is 0 Å². The first-order chi connectivity index (χ1) is 7.84. The van der Waals surface area contributed by atoms with Crippen LogP contribution in [0.1, 0.15) is 64.2 Å². The molecule has 2 saturated carbocycles. The van der Waals surface area contributed by atoms with E-state index in [4.69, 9.17) is 12.2 Å². The molecule has 0 unspecified atom stereocenters. The summed E-state index contributed by atoms with van der Waals surface area (Å²) in [7, 11) is 0. The highest BCUT2D eigenvalue weighted by molar-refractivity contribution is 8.93. The van der Waals surface area contributed by atoms with Crippen LogP contribution >= 0.6 is 46.2 Å². The number of rotatable bonds is 2. The van der Waals surface area contributed by atoms with Crippen LogP contribution in [0.2, 0.25) is 0 Å². The minimum atomic E-state index is 0. The summed E-state index contributed by atoms with van der Waals surface area (Å²) in [4.78, 5) is 0. The zero-order chi connectivity index (χ0) is 11.2. The molecule has 5 heteroatoms. The summed E-state index contributed by atoms with van der Waals surface area (Å²) in [6, 6.07) is 1.27. The van der Waals surface area contributed by atoms with Gasteiger partial charge in [0.15, 0.2) is 5.11 Å². The van der Waals surface area contributed by atoms with Crippen molar-refractivity contribution in [1.29, 1.82) is 0 Å². The molecule has 0 amide bonds. The molecule has 2 N–H and O–H groups in total. The number of halogens is 2. The Morgan fingerprint density at radius 3 is 1.33 bits per heavy atom. The summed E-state index contributed by atoms with van der Waals surface area (Å²) in [5.41, 5.74) is 0. The van der Waals surface area contributed by atoms with E-state index in [0.717, 1.165) is 5.11 Å². The van der Waals surface area contributed by atoms with Crippen LogP contribution in [0.15, 0.2) is 0 Å². The SMILES string of the molecule is Br.Br.S=C(NC1CCCCC1)NC1CCCCC1. The molecule has 0 spiro atoms. The van der Waals surface area contributed by atoms with Gasteiger partial charge >= 0.3 is 0 Å². The van der Waals surface area contributed by atoms with Crippen molar-refractivity contribution in [2.24, 2.45) is 0 Å². The molecule has 18 heavy (non-hydrogen) atoms. The molecular weight excluding hydrogens is 376 g/mol. The van der Waals surface area contributed by atoms with Gasteiger partial charge in [0.1, 0.15) is 0 Å². The summed E-state index contributed by atoms with van der Waals surface area (Å²) < 4.78 is 0. The lowest BCUT2D eigenvalue weighted by Gasteiger charge is -2.28. The van der Waals surface area contributed by atoms with Crippen molar-refractivity contribution < 1.29 is 0 Å². The molecule has 2 fully saturated rings. The molecule has 108 valence electrons. The molecular formula is C13H26Br2N2S. The van der Waals surface area contributed by atoms with Gasteiger partial charge in [-0.3, -0.25) is 0 Å². The van der Waals surface area contributed by atoms with Gasteiger partial charge < -0.3 is 10.6 Å². The largest absolute Gasteiger partial charge is 0.360 e. The average Bonchev–Trinajstić information content (AvgIpc) is 2.31. The van der Waals surface area contributed by atoms with Gasteiger partial charge in [0.25, 0.3) is 0 Å². The quantitative estimate of drug-likeness (QED) is 0.675. The van der Waals surface area contributed by atoms with Crippen LogP contribution in [0.5, 0.6) is 0 Å². The Hall–Kier alpha value is 0.650. The lowest BCUT2D eigenvalue weighted by Crippen LogP contribution is -2.47. The van der Waals surface area contributed by atoms with Gasteiger partial charge in [0.2, 0.25) is 0 Å². The lowest BCUT2D eigenvalue weighted by molar-refractivity contribution is 0.392. The van der Waals surface area contributed by atoms with E-state index in [1.165, 1.54) is 64.2 Å². The van der Waals surface area contributed by atoms with Crippen molar-refractivity contribution in [3.05, 3.63) is 0 Å². The highest BCUT2D eigenvalue weighted by Crippen LogP contribution is 2.19. The molecule has 0 bridgehead atoms. The Morgan fingerprint density at radius 2 is 1.00 bits per heavy atom. The highest BCUT2D eigenvalue weighted by atomic mass is 79.9. The number of thiocarbonyl (C=S) groups is 1. The first-order valence-electron chi connectivity index (χ1n) is 6.91. The third-order valence-corrected chi connectivity index (χ3v) is 4.12. The predicted molar refractivity (Wildman–Crippen MR) is 93.3 cm³/mol. The van der Waals surface area contributed by atoms with Gasteiger partial charge in [-0.05, 0) is 37.9 Å². The summed E-state index contributed by atoms with van der Waals surface area (Å²) in [6.07, 6.45) is 13.5. The van der Waals surface area contributed by atoms with Crippen molar-refractivity contribution in [3.63, 3.8) is 0 Å². The fraction of sp³-hybridized carbons (Fsp3) is 0.923. The Labute approximate surface area is 138 Å². The van der Waals surface area contributed by atoms with Gasteiger partial charge in [-0.1, -0.05) is 38.5 Å². The average molecular weight is 402 g/mol. The maximum atomic E-state index is 5.39. The molecule has 0 aliphatic heterocycles. The van der Waals surface area contributed by atoms with E-state index in [-0.39, 0.29) is 34.0 Å². The molecule has 0 radical (unpaired) electrons. The van der Waals surface area contributed by atoms with E-state index in [9.17, 15) is 0 Å². The minimum absolute atomic E-state index is 0. The first kappa shape index (κ1) is 18.7. The van der Waals surface area contributed by atoms with Crippen molar-refractivity contribution in [2.75, 3.05) is 0 Å². The summed E-state index contributed by atoms with van der Waals surface area (Å²) in [5, 5.41) is 7.87. The molecule has 0 aromatic rings. The molecule has 0 saturated heterocycles. The van der Waals surface area contributed by atoms with Crippen LogP contribution in [0, 0.1) is 0 Å². The lowest BCUT2D eigenvalue weighted by atomic mass is 9.95. The maximum Gasteiger partial charge on any atom is 0.166 e. The van der Waals surface area contributed by atoms with Crippen molar-refractivity contribution in [2.45, 2.75) is 76.3 Å². The third kappa shape index (κ3) is 6.71. The van der Waals surface area contributed by atoms with Crippen molar-refractivity contribution in [3.8, 4) is 0 Å². The van der Waals surface area contributed by atoms with Gasteiger partial charge in [-0.2, -0.15) is 0 Å². The zero-order valence-corrected chi connectivity index (χ0v) is 15.2. The van der Waals surface area contributed by atoms with E-state index >= 15 is 0 Å². The second kappa shape index (κ2) is 10.4. The summed E-state index contributed by atoms with van der Waals surface area (Å²) >= 11 is 5.39. The minimum Gasteiger partial charge on any atom is -0.360 e. The second-order valence-corrected chi connectivity index (χ2v) is 5.70.